The van der Waals surface area contributed by atoms with Crippen LogP contribution < -0.4 is 4.74 Å². The fraction of sp³-hybridized carbons (Fsp3) is 0.333. The van der Waals surface area contributed by atoms with E-state index in [9.17, 15) is 0 Å². The highest BCUT2D eigenvalue weighted by Gasteiger charge is 2.17. The lowest BCUT2D eigenvalue weighted by Crippen LogP contribution is -2.13. The smallest absolute Gasteiger partial charge is 0.191 e. The summed E-state index contributed by atoms with van der Waals surface area (Å²) in [6.45, 7) is 0.827. The lowest BCUT2D eigenvalue weighted by Gasteiger charge is -2.20. The summed E-state index contributed by atoms with van der Waals surface area (Å²) in [6.07, 6.45) is 1.68. The summed E-state index contributed by atoms with van der Waals surface area (Å²) in [4.78, 5) is 0. The van der Waals surface area contributed by atoms with E-state index in [-0.39, 0.29) is 6.79 Å². The molecule has 1 aliphatic rings. The maximum atomic E-state index is 6.12. The highest BCUT2D eigenvalue weighted by Crippen LogP contribution is 2.34. The third-order valence-corrected chi connectivity index (χ3v) is 4.08. The van der Waals surface area contributed by atoms with Gasteiger partial charge in [-0.05, 0) is 12.1 Å². The number of hydrogen-bond donors (Lipinski definition) is 0. The van der Waals surface area contributed by atoms with Gasteiger partial charge >= 0.3 is 0 Å². The normalized spacial score (nSPS) is 14.0. The molecule has 5 nitrogen and oxygen atoms in total. The van der Waals surface area contributed by atoms with Crippen LogP contribution in [0.1, 0.15) is 11.1 Å². The lowest BCUT2D eigenvalue weighted by molar-refractivity contribution is -0.0168. The van der Waals surface area contributed by atoms with E-state index in [0.717, 1.165) is 27.8 Å². The van der Waals surface area contributed by atoms with Crippen LogP contribution >= 0.6 is 23.4 Å². The van der Waals surface area contributed by atoms with E-state index in [1.54, 1.807) is 18.1 Å². The van der Waals surface area contributed by atoms with E-state index in [2.05, 4.69) is 10.2 Å². The summed E-state index contributed by atoms with van der Waals surface area (Å²) in [5, 5.41) is 9.45. The number of benzene rings is 1. The standard InChI is InChI=1S/C12H12ClN3O2S/c1-16-6-14-15-12(16)19-5-9-3-10(13)2-8-4-17-7-18-11(8)9/h2-3,6H,4-5,7H2,1H3. The monoisotopic (exact) mass is 297 g/mol. The fourth-order valence-electron chi connectivity index (χ4n) is 1.91. The second kappa shape index (κ2) is 5.40. The van der Waals surface area contributed by atoms with Gasteiger partial charge in [0.25, 0.3) is 0 Å². The van der Waals surface area contributed by atoms with Crippen molar-refractivity contribution < 1.29 is 9.47 Å². The Balaban J connectivity index is 1.84. The number of aromatic nitrogens is 3. The molecule has 1 aromatic carbocycles. The fourth-order valence-corrected chi connectivity index (χ4v) is 3.03. The van der Waals surface area contributed by atoms with E-state index in [4.69, 9.17) is 21.1 Å². The molecule has 0 radical (unpaired) electrons. The zero-order valence-corrected chi connectivity index (χ0v) is 11.9. The van der Waals surface area contributed by atoms with Crippen LogP contribution in [0.2, 0.25) is 5.02 Å². The zero-order valence-electron chi connectivity index (χ0n) is 10.3. The maximum absolute atomic E-state index is 6.12. The van der Waals surface area contributed by atoms with Crippen LogP contribution in [-0.4, -0.2) is 21.6 Å². The molecular weight excluding hydrogens is 286 g/mol. The van der Waals surface area contributed by atoms with Crippen LogP contribution in [0.3, 0.4) is 0 Å². The third-order valence-electron chi connectivity index (χ3n) is 2.78. The Morgan fingerprint density at radius 2 is 2.37 bits per heavy atom. The molecule has 0 saturated carbocycles. The second-order valence-corrected chi connectivity index (χ2v) is 5.56. The largest absolute Gasteiger partial charge is 0.467 e. The first-order valence-corrected chi connectivity index (χ1v) is 7.09. The molecule has 1 aliphatic heterocycles. The van der Waals surface area contributed by atoms with Crippen molar-refractivity contribution in [3.05, 3.63) is 34.6 Å². The van der Waals surface area contributed by atoms with E-state index in [1.807, 2.05) is 23.7 Å². The molecule has 0 unspecified atom stereocenters. The van der Waals surface area contributed by atoms with Gasteiger partial charge in [0.2, 0.25) is 0 Å². The Morgan fingerprint density at radius 1 is 1.47 bits per heavy atom. The molecule has 2 heterocycles. The van der Waals surface area contributed by atoms with Gasteiger partial charge in [-0.15, -0.1) is 10.2 Å². The van der Waals surface area contributed by atoms with Crippen molar-refractivity contribution in [3.8, 4) is 5.75 Å². The van der Waals surface area contributed by atoms with E-state index >= 15 is 0 Å². The Kier molecular flexibility index (Phi) is 3.63. The number of ether oxygens (including phenoxy) is 2. The molecule has 100 valence electrons. The minimum Gasteiger partial charge on any atom is -0.467 e. The Morgan fingerprint density at radius 3 is 3.16 bits per heavy atom. The molecular formula is C12H12ClN3O2S. The highest BCUT2D eigenvalue weighted by atomic mass is 35.5. The number of fused-ring (bicyclic) bond motifs is 1. The number of nitrogens with zero attached hydrogens (tertiary/aromatic N) is 3. The second-order valence-electron chi connectivity index (χ2n) is 4.18. The molecule has 0 N–H and O–H groups in total. The molecule has 7 heteroatoms. The summed E-state index contributed by atoms with van der Waals surface area (Å²) in [6, 6.07) is 3.81. The number of thioether (sulfide) groups is 1. The van der Waals surface area contributed by atoms with Crippen molar-refractivity contribution in [2.75, 3.05) is 6.79 Å². The van der Waals surface area contributed by atoms with Crippen LogP contribution in [0, 0.1) is 0 Å². The number of halogens is 1. The van der Waals surface area contributed by atoms with Gasteiger partial charge in [-0.2, -0.15) is 0 Å². The molecule has 19 heavy (non-hydrogen) atoms. The van der Waals surface area contributed by atoms with E-state index in [1.165, 1.54) is 0 Å². The Hall–Kier alpha value is -1.24. The SMILES string of the molecule is Cn1cnnc1SCc1cc(Cl)cc2c1OCOC2. The average molecular weight is 298 g/mol. The quantitative estimate of drug-likeness (QED) is 0.815. The van der Waals surface area contributed by atoms with Gasteiger partial charge < -0.3 is 14.0 Å². The molecule has 0 atom stereocenters. The topological polar surface area (TPSA) is 49.2 Å². The van der Waals surface area contributed by atoms with Gasteiger partial charge in [-0.25, -0.2) is 0 Å². The molecule has 0 amide bonds. The molecule has 0 spiro atoms. The molecule has 1 aromatic heterocycles. The Labute approximate surface area is 119 Å². The molecule has 0 aliphatic carbocycles. The van der Waals surface area contributed by atoms with Crippen LogP contribution in [0.5, 0.6) is 5.75 Å². The average Bonchev–Trinajstić information content (AvgIpc) is 2.81. The first kappa shape index (κ1) is 12.8. The lowest BCUT2D eigenvalue weighted by atomic mass is 10.1. The minimum absolute atomic E-state index is 0.288. The van der Waals surface area contributed by atoms with Crippen LogP contribution in [0.4, 0.5) is 0 Å². The van der Waals surface area contributed by atoms with Gasteiger partial charge in [0.05, 0.1) is 6.61 Å². The van der Waals surface area contributed by atoms with Crippen LogP contribution in [0.25, 0.3) is 0 Å². The summed E-state index contributed by atoms with van der Waals surface area (Å²) in [5.74, 6) is 1.61. The van der Waals surface area contributed by atoms with Crippen molar-refractivity contribution in [2.45, 2.75) is 17.5 Å². The number of hydrogen-bond acceptors (Lipinski definition) is 5. The van der Waals surface area contributed by atoms with Crippen molar-refractivity contribution in [2.24, 2.45) is 7.05 Å². The summed E-state index contributed by atoms with van der Waals surface area (Å²) >= 11 is 7.72. The molecule has 0 fully saturated rings. The van der Waals surface area contributed by atoms with Crippen molar-refractivity contribution in [1.29, 1.82) is 0 Å². The van der Waals surface area contributed by atoms with Gasteiger partial charge in [-0.3, -0.25) is 0 Å². The van der Waals surface area contributed by atoms with Gasteiger partial charge in [0.15, 0.2) is 11.9 Å². The third kappa shape index (κ3) is 2.70. The summed E-state index contributed by atoms with van der Waals surface area (Å²) < 4.78 is 12.7. The number of aryl methyl sites for hydroxylation is 1. The molecule has 3 rings (SSSR count). The zero-order chi connectivity index (χ0) is 13.2. The predicted molar refractivity (Wildman–Crippen MR) is 72.3 cm³/mol. The number of rotatable bonds is 3. The molecule has 0 bridgehead atoms. The summed E-state index contributed by atoms with van der Waals surface area (Å²) in [5.41, 5.74) is 2.05. The van der Waals surface area contributed by atoms with Crippen molar-refractivity contribution >= 4 is 23.4 Å². The Bertz CT molecular complexity index is 603. The van der Waals surface area contributed by atoms with E-state index in [0.29, 0.717) is 11.6 Å². The van der Waals surface area contributed by atoms with Gasteiger partial charge in [-0.1, -0.05) is 23.4 Å². The first-order chi connectivity index (χ1) is 9.24. The molecule has 0 saturated heterocycles. The predicted octanol–water partition coefficient (Wildman–Crippen LogP) is 2.63. The maximum Gasteiger partial charge on any atom is 0.191 e. The minimum atomic E-state index is 0.288. The van der Waals surface area contributed by atoms with Crippen molar-refractivity contribution in [3.63, 3.8) is 0 Å². The highest BCUT2D eigenvalue weighted by molar-refractivity contribution is 7.98. The van der Waals surface area contributed by atoms with Crippen molar-refractivity contribution in [1.82, 2.24) is 14.8 Å². The van der Waals surface area contributed by atoms with Crippen LogP contribution in [-0.2, 0) is 24.1 Å². The van der Waals surface area contributed by atoms with E-state index < -0.39 is 0 Å². The molecule has 2 aromatic rings. The van der Waals surface area contributed by atoms with Gasteiger partial charge in [0.1, 0.15) is 12.1 Å². The first-order valence-electron chi connectivity index (χ1n) is 5.72. The van der Waals surface area contributed by atoms with Gasteiger partial charge in [0, 0.05) is 29.0 Å². The van der Waals surface area contributed by atoms with Crippen LogP contribution in [0.15, 0.2) is 23.6 Å². The summed E-state index contributed by atoms with van der Waals surface area (Å²) in [7, 11) is 1.92.